The van der Waals surface area contributed by atoms with Crippen LogP contribution in [0.4, 0.5) is 0 Å². The Kier molecular flexibility index (Phi) is 5.09. The molecule has 0 atom stereocenters. The second kappa shape index (κ2) is 7.02. The Morgan fingerprint density at radius 3 is 2.86 bits per heavy atom. The van der Waals surface area contributed by atoms with E-state index < -0.39 is 0 Å². The van der Waals surface area contributed by atoms with E-state index in [1.807, 2.05) is 6.07 Å². The van der Waals surface area contributed by atoms with E-state index in [0.29, 0.717) is 23.4 Å². The predicted octanol–water partition coefficient (Wildman–Crippen LogP) is 1.95. The van der Waals surface area contributed by atoms with Gasteiger partial charge in [0.05, 0.1) is 17.2 Å². The van der Waals surface area contributed by atoms with Gasteiger partial charge in [0.25, 0.3) is 5.56 Å². The minimum Gasteiger partial charge on any atom is -0.355 e. The van der Waals surface area contributed by atoms with Crippen molar-refractivity contribution >= 4 is 16.8 Å². The Balaban J connectivity index is 1.98. The highest BCUT2D eigenvalue weighted by atomic mass is 16.2. The molecular weight excluding hydrogens is 266 g/mol. The number of amides is 1. The van der Waals surface area contributed by atoms with Crippen molar-refractivity contribution in [2.75, 3.05) is 6.54 Å². The molecule has 0 saturated carbocycles. The van der Waals surface area contributed by atoms with Gasteiger partial charge in [-0.3, -0.25) is 14.2 Å². The number of carbonyl (C=O) groups is 1. The number of nitrogens with one attached hydrogen (secondary N) is 1. The number of benzene rings is 1. The van der Waals surface area contributed by atoms with Crippen molar-refractivity contribution in [1.29, 1.82) is 0 Å². The first-order chi connectivity index (χ1) is 10.1. The van der Waals surface area contributed by atoms with Gasteiger partial charge in [-0.15, -0.1) is 0 Å². The molecule has 1 N–H and O–H groups in total. The molecule has 1 aromatic carbocycles. The third-order valence-electron chi connectivity index (χ3n) is 3.33. The molecule has 0 aliphatic carbocycles. The first kappa shape index (κ1) is 15.2. The quantitative estimate of drug-likeness (QED) is 0.826. The highest BCUT2D eigenvalue weighted by molar-refractivity contribution is 5.78. The van der Waals surface area contributed by atoms with E-state index in [0.717, 1.165) is 12.8 Å². The third kappa shape index (κ3) is 4.15. The Hall–Kier alpha value is -2.17. The molecule has 5 nitrogen and oxygen atoms in total. The van der Waals surface area contributed by atoms with Gasteiger partial charge in [0.1, 0.15) is 6.54 Å². The minimum absolute atomic E-state index is 0.0122. The number of aromatic nitrogens is 2. The SMILES string of the molecule is CC(C)CCCNC(=O)Cn1cnc2ccccc2c1=O. The van der Waals surface area contributed by atoms with E-state index in [9.17, 15) is 9.59 Å². The molecule has 5 heteroatoms. The van der Waals surface area contributed by atoms with Crippen LogP contribution in [0.15, 0.2) is 35.4 Å². The van der Waals surface area contributed by atoms with Crippen LogP contribution in [0, 0.1) is 5.92 Å². The first-order valence-electron chi connectivity index (χ1n) is 7.29. The molecule has 0 unspecified atom stereocenters. The van der Waals surface area contributed by atoms with Crippen molar-refractivity contribution in [2.24, 2.45) is 5.92 Å². The number of para-hydroxylation sites is 1. The molecule has 2 aromatic rings. The van der Waals surface area contributed by atoms with Crippen LogP contribution in [-0.2, 0) is 11.3 Å². The van der Waals surface area contributed by atoms with Crippen LogP contribution in [-0.4, -0.2) is 22.0 Å². The predicted molar refractivity (Wildman–Crippen MR) is 83.1 cm³/mol. The average molecular weight is 287 g/mol. The molecule has 2 rings (SSSR count). The summed E-state index contributed by atoms with van der Waals surface area (Å²) < 4.78 is 1.35. The van der Waals surface area contributed by atoms with Crippen LogP contribution in [0.1, 0.15) is 26.7 Å². The maximum Gasteiger partial charge on any atom is 0.261 e. The third-order valence-corrected chi connectivity index (χ3v) is 3.33. The molecule has 0 aliphatic heterocycles. The van der Waals surface area contributed by atoms with E-state index >= 15 is 0 Å². The number of carbonyl (C=O) groups excluding carboxylic acids is 1. The zero-order chi connectivity index (χ0) is 15.2. The van der Waals surface area contributed by atoms with Crippen molar-refractivity contribution in [3.8, 4) is 0 Å². The van der Waals surface area contributed by atoms with Crippen molar-refractivity contribution in [3.05, 3.63) is 40.9 Å². The standard InChI is InChI=1S/C16H21N3O2/c1-12(2)6-5-9-17-15(20)10-19-11-18-14-8-4-3-7-13(14)16(19)21/h3-4,7-8,11-12H,5-6,9-10H2,1-2H3,(H,17,20). The molecule has 1 amide bonds. The lowest BCUT2D eigenvalue weighted by atomic mass is 10.1. The lowest BCUT2D eigenvalue weighted by Gasteiger charge is -2.08. The number of rotatable bonds is 6. The Morgan fingerprint density at radius 2 is 2.10 bits per heavy atom. The summed E-state index contributed by atoms with van der Waals surface area (Å²) in [5, 5.41) is 3.37. The fraction of sp³-hybridized carbons (Fsp3) is 0.438. The molecule has 0 radical (unpaired) electrons. The molecule has 0 bridgehead atoms. The van der Waals surface area contributed by atoms with E-state index in [2.05, 4.69) is 24.1 Å². The smallest absolute Gasteiger partial charge is 0.261 e. The number of hydrogen-bond donors (Lipinski definition) is 1. The van der Waals surface area contributed by atoms with Crippen molar-refractivity contribution in [3.63, 3.8) is 0 Å². The van der Waals surface area contributed by atoms with Gasteiger partial charge in [0, 0.05) is 6.54 Å². The van der Waals surface area contributed by atoms with Crippen LogP contribution in [0.5, 0.6) is 0 Å². The zero-order valence-corrected chi connectivity index (χ0v) is 12.5. The van der Waals surface area contributed by atoms with E-state index in [4.69, 9.17) is 0 Å². The second-order valence-corrected chi connectivity index (χ2v) is 5.58. The molecule has 0 fully saturated rings. The first-order valence-corrected chi connectivity index (χ1v) is 7.29. The lowest BCUT2D eigenvalue weighted by molar-refractivity contribution is -0.121. The summed E-state index contributed by atoms with van der Waals surface area (Å²) in [6.07, 6.45) is 3.46. The van der Waals surface area contributed by atoms with Crippen LogP contribution < -0.4 is 10.9 Å². The maximum absolute atomic E-state index is 12.2. The van der Waals surface area contributed by atoms with Gasteiger partial charge in [-0.25, -0.2) is 4.98 Å². The van der Waals surface area contributed by atoms with Gasteiger partial charge in [0.15, 0.2) is 0 Å². The number of fused-ring (bicyclic) bond motifs is 1. The summed E-state index contributed by atoms with van der Waals surface area (Å²) in [5.74, 6) is 0.479. The molecular formula is C16H21N3O2. The van der Waals surface area contributed by atoms with Gasteiger partial charge in [-0.2, -0.15) is 0 Å². The zero-order valence-electron chi connectivity index (χ0n) is 12.5. The lowest BCUT2D eigenvalue weighted by Crippen LogP contribution is -2.33. The molecule has 0 saturated heterocycles. The molecule has 21 heavy (non-hydrogen) atoms. The summed E-state index contributed by atoms with van der Waals surface area (Å²) in [5.41, 5.74) is 0.467. The van der Waals surface area contributed by atoms with E-state index in [1.165, 1.54) is 10.9 Å². The molecule has 0 aliphatic rings. The largest absolute Gasteiger partial charge is 0.355 e. The van der Waals surface area contributed by atoms with Crippen LogP contribution >= 0.6 is 0 Å². The summed E-state index contributed by atoms with van der Waals surface area (Å²) in [4.78, 5) is 28.3. The molecule has 1 heterocycles. The number of hydrogen-bond acceptors (Lipinski definition) is 3. The van der Waals surface area contributed by atoms with Crippen molar-refractivity contribution < 1.29 is 4.79 Å². The van der Waals surface area contributed by atoms with Crippen molar-refractivity contribution in [2.45, 2.75) is 33.2 Å². The van der Waals surface area contributed by atoms with Gasteiger partial charge in [-0.05, 0) is 30.9 Å². The highest BCUT2D eigenvalue weighted by Gasteiger charge is 2.07. The second-order valence-electron chi connectivity index (χ2n) is 5.58. The Morgan fingerprint density at radius 1 is 1.33 bits per heavy atom. The van der Waals surface area contributed by atoms with Crippen LogP contribution in [0.25, 0.3) is 10.9 Å². The summed E-state index contributed by atoms with van der Waals surface area (Å²) in [6, 6.07) is 7.14. The molecule has 1 aromatic heterocycles. The van der Waals surface area contributed by atoms with Gasteiger partial charge in [-0.1, -0.05) is 26.0 Å². The van der Waals surface area contributed by atoms with Crippen molar-refractivity contribution in [1.82, 2.24) is 14.9 Å². The average Bonchev–Trinajstić information content (AvgIpc) is 2.47. The molecule has 0 spiro atoms. The fourth-order valence-electron chi connectivity index (χ4n) is 2.17. The minimum atomic E-state index is -0.182. The Bertz CT molecular complexity index is 677. The summed E-state index contributed by atoms with van der Waals surface area (Å²) >= 11 is 0. The normalized spacial score (nSPS) is 11.0. The van der Waals surface area contributed by atoms with Gasteiger partial charge < -0.3 is 5.32 Å². The Labute approximate surface area is 124 Å². The fourth-order valence-corrected chi connectivity index (χ4v) is 2.17. The van der Waals surface area contributed by atoms with E-state index in [-0.39, 0.29) is 18.0 Å². The van der Waals surface area contributed by atoms with Crippen LogP contribution in [0.2, 0.25) is 0 Å². The number of nitrogens with zero attached hydrogens (tertiary/aromatic N) is 2. The maximum atomic E-state index is 12.2. The topological polar surface area (TPSA) is 64.0 Å². The summed E-state index contributed by atoms with van der Waals surface area (Å²) in [6.45, 7) is 4.97. The van der Waals surface area contributed by atoms with Gasteiger partial charge in [0.2, 0.25) is 5.91 Å². The monoisotopic (exact) mass is 287 g/mol. The summed E-state index contributed by atoms with van der Waals surface area (Å²) in [7, 11) is 0. The highest BCUT2D eigenvalue weighted by Crippen LogP contribution is 2.04. The van der Waals surface area contributed by atoms with E-state index in [1.54, 1.807) is 18.2 Å². The molecule has 112 valence electrons. The van der Waals surface area contributed by atoms with Gasteiger partial charge >= 0.3 is 0 Å². The van der Waals surface area contributed by atoms with Crippen LogP contribution in [0.3, 0.4) is 0 Å².